The van der Waals surface area contributed by atoms with Gasteiger partial charge in [0.2, 0.25) is 0 Å². The van der Waals surface area contributed by atoms with E-state index in [-0.39, 0.29) is 31.0 Å². The summed E-state index contributed by atoms with van der Waals surface area (Å²) in [7, 11) is 0. The lowest BCUT2D eigenvalue weighted by Gasteiger charge is -2.13. The first-order chi connectivity index (χ1) is 22.1. The Balaban J connectivity index is 0.000000663. The summed E-state index contributed by atoms with van der Waals surface area (Å²) in [5, 5.41) is 17.8. The molecule has 12 nitrogen and oxygen atoms in total. The van der Waals surface area contributed by atoms with Crippen LogP contribution in [0, 0.1) is 0 Å². The zero-order valence-corrected chi connectivity index (χ0v) is 27.0. The molecule has 0 heterocycles. The molecule has 0 amide bonds. The highest BCUT2D eigenvalue weighted by Crippen LogP contribution is 2.13. The molecule has 0 aliphatic heterocycles. The molecule has 0 aliphatic rings. The molecule has 2 aromatic rings. The molecule has 0 aromatic heterocycles. The first-order valence-electron chi connectivity index (χ1n) is 14.8. The molecule has 0 aliphatic carbocycles. The Hall–Kier alpha value is -3.91. The molecule has 0 saturated heterocycles. The Bertz CT molecular complexity index is 1090. The van der Waals surface area contributed by atoms with E-state index < -0.39 is 18.2 Å². The summed E-state index contributed by atoms with van der Waals surface area (Å²) in [6.45, 7) is 15.3. The van der Waals surface area contributed by atoms with Crippen molar-refractivity contribution in [3.05, 3.63) is 91.0 Å². The zero-order chi connectivity index (χ0) is 34.4. The Morgan fingerprint density at radius 1 is 0.674 bits per heavy atom. The number of ketones is 1. The van der Waals surface area contributed by atoms with Crippen LogP contribution in [0.2, 0.25) is 0 Å². The van der Waals surface area contributed by atoms with E-state index in [9.17, 15) is 14.4 Å². The molecule has 0 spiro atoms. The maximum atomic E-state index is 11.9. The van der Waals surface area contributed by atoms with Gasteiger partial charge in [-0.05, 0) is 44.5 Å². The number of aliphatic hydroxyl groups is 1. The number of esters is 2. The number of hydrogen-bond donors (Lipinski definition) is 2. The van der Waals surface area contributed by atoms with Gasteiger partial charge in [-0.15, -0.1) is 0 Å². The Kier molecular flexibility index (Phi) is 26.1. The normalized spacial score (nSPS) is 11.4. The van der Waals surface area contributed by atoms with Crippen LogP contribution < -0.4 is 0 Å². The van der Waals surface area contributed by atoms with Crippen LogP contribution in [0.1, 0.15) is 43.1 Å². The van der Waals surface area contributed by atoms with Crippen LogP contribution in [-0.2, 0) is 42.7 Å². The predicted molar refractivity (Wildman–Crippen MR) is 171 cm³/mol. The van der Waals surface area contributed by atoms with Crippen molar-refractivity contribution in [2.45, 2.75) is 39.8 Å². The molecular formula is C34H48O12. The van der Waals surface area contributed by atoms with Gasteiger partial charge in [-0.25, -0.2) is 9.59 Å². The second-order valence-corrected chi connectivity index (χ2v) is 8.99. The average molecular weight is 649 g/mol. The van der Waals surface area contributed by atoms with Gasteiger partial charge in [0.05, 0.1) is 39.6 Å². The third-order valence-electron chi connectivity index (χ3n) is 5.17. The lowest BCUT2D eigenvalue weighted by molar-refractivity contribution is -0.144. The molecule has 256 valence electrons. The number of benzene rings is 2. The molecule has 2 aromatic carbocycles. The van der Waals surface area contributed by atoms with Crippen molar-refractivity contribution in [3.63, 3.8) is 0 Å². The van der Waals surface area contributed by atoms with Gasteiger partial charge in [0.1, 0.15) is 19.0 Å². The fourth-order valence-corrected chi connectivity index (χ4v) is 2.98. The lowest BCUT2D eigenvalue weighted by Crippen LogP contribution is -2.17. The van der Waals surface area contributed by atoms with E-state index in [4.69, 9.17) is 38.6 Å². The van der Waals surface area contributed by atoms with Crippen LogP contribution in [0.4, 0.5) is 0 Å². The number of aromatic hydroxyl groups is 1. The van der Waals surface area contributed by atoms with E-state index in [1.54, 1.807) is 24.3 Å². The monoisotopic (exact) mass is 648 g/mol. The van der Waals surface area contributed by atoms with Crippen LogP contribution in [0.25, 0.3) is 0 Å². The van der Waals surface area contributed by atoms with E-state index in [1.165, 1.54) is 19.1 Å². The summed E-state index contributed by atoms with van der Waals surface area (Å²) in [4.78, 5) is 33.1. The van der Waals surface area contributed by atoms with Crippen LogP contribution >= 0.6 is 0 Å². The summed E-state index contributed by atoms with van der Waals surface area (Å²) in [5.41, 5.74) is 1.24. The van der Waals surface area contributed by atoms with Crippen LogP contribution in [0.5, 0.6) is 5.75 Å². The quantitative estimate of drug-likeness (QED) is 0.0654. The molecule has 0 saturated carbocycles. The molecule has 0 fully saturated rings. The second-order valence-electron chi connectivity index (χ2n) is 8.99. The van der Waals surface area contributed by atoms with E-state index >= 15 is 0 Å². The lowest BCUT2D eigenvalue weighted by atomic mass is 10.0. The SMILES string of the molecule is C=CC(=O)OCCOCCOC(C)O.C=CC(=O)OCCOCCOC(C)OCCC.O=C(c1ccccc1)c1ccc(O)cc1. The topological polar surface area (TPSA) is 156 Å². The minimum absolute atomic E-state index is 0.0319. The average Bonchev–Trinajstić information content (AvgIpc) is 3.07. The fourth-order valence-electron chi connectivity index (χ4n) is 2.98. The molecule has 46 heavy (non-hydrogen) atoms. The van der Waals surface area contributed by atoms with Crippen molar-refractivity contribution in [3.8, 4) is 5.75 Å². The molecule has 0 bridgehead atoms. The third-order valence-corrected chi connectivity index (χ3v) is 5.17. The highest BCUT2D eigenvalue weighted by Gasteiger charge is 2.07. The van der Waals surface area contributed by atoms with Crippen LogP contribution in [0.3, 0.4) is 0 Å². The Morgan fingerprint density at radius 2 is 1.13 bits per heavy atom. The molecular weight excluding hydrogens is 600 g/mol. The predicted octanol–water partition coefficient (Wildman–Crippen LogP) is 4.23. The largest absolute Gasteiger partial charge is 0.508 e. The van der Waals surface area contributed by atoms with Crippen molar-refractivity contribution < 1.29 is 57.8 Å². The standard InChI is InChI=1S/C13H10O2.C12H22O5.C9H16O5/c14-12-8-6-11(7-9-12)13(15)10-4-2-1-3-5-10;1-4-6-15-11(3)16-9-7-14-8-10-17-12(13)5-2;1-3-9(11)14-7-5-12-4-6-13-8(2)10/h1-9,14H;5,11H,2,4,6-10H2,1,3H3;3,8,10H,1,4-7H2,2H3. The summed E-state index contributed by atoms with van der Waals surface area (Å²) < 4.78 is 35.0. The summed E-state index contributed by atoms with van der Waals surface area (Å²) in [5.74, 6) is -0.768. The van der Waals surface area contributed by atoms with E-state index in [1.807, 2.05) is 32.0 Å². The summed E-state index contributed by atoms with van der Waals surface area (Å²) in [6.07, 6.45) is 2.19. The fraction of sp³-hybridized carbons (Fsp3) is 0.441. The second kappa shape index (κ2) is 28.6. The van der Waals surface area contributed by atoms with Gasteiger partial charge in [-0.2, -0.15) is 0 Å². The summed E-state index contributed by atoms with van der Waals surface area (Å²) >= 11 is 0. The van der Waals surface area contributed by atoms with Gasteiger partial charge < -0.3 is 43.4 Å². The molecule has 2 atom stereocenters. The smallest absolute Gasteiger partial charge is 0.330 e. The van der Waals surface area contributed by atoms with Gasteiger partial charge in [0.25, 0.3) is 0 Å². The number of carbonyl (C=O) groups excluding carboxylic acids is 3. The Labute approximate surface area is 271 Å². The van der Waals surface area contributed by atoms with Gasteiger partial charge in [-0.1, -0.05) is 50.4 Å². The number of phenolic OH excluding ortho intramolecular Hbond substituents is 1. The van der Waals surface area contributed by atoms with Crippen molar-refractivity contribution in [2.24, 2.45) is 0 Å². The van der Waals surface area contributed by atoms with Crippen LogP contribution in [-0.4, -0.2) is 100.0 Å². The van der Waals surface area contributed by atoms with Crippen molar-refractivity contribution in [1.29, 1.82) is 0 Å². The maximum Gasteiger partial charge on any atom is 0.330 e. The van der Waals surface area contributed by atoms with E-state index in [0.29, 0.717) is 57.4 Å². The number of rotatable bonds is 21. The number of ether oxygens (including phenoxy) is 7. The minimum Gasteiger partial charge on any atom is -0.508 e. The van der Waals surface area contributed by atoms with Crippen LogP contribution in [0.15, 0.2) is 79.9 Å². The van der Waals surface area contributed by atoms with E-state index in [2.05, 4.69) is 17.9 Å². The first-order valence-corrected chi connectivity index (χ1v) is 14.8. The van der Waals surface area contributed by atoms with Gasteiger partial charge in [-0.3, -0.25) is 4.79 Å². The van der Waals surface area contributed by atoms with Gasteiger partial charge >= 0.3 is 11.9 Å². The first kappa shape index (κ1) is 42.1. The Morgan fingerprint density at radius 3 is 1.61 bits per heavy atom. The van der Waals surface area contributed by atoms with Crippen molar-refractivity contribution >= 4 is 17.7 Å². The highest BCUT2D eigenvalue weighted by atomic mass is 16.7. The number of aliphatic hydroxyl groups excluding tert-OH is 1. The molecule has 12 heteroatoms. The highest BCUT2D eigenvalue weighted by molar-refractivity contribution is 6.08. The molecule has 0 radical (unpaired) electrons. The van der Waals surface area contributed by atoms with E-state index in [0.717, 1.165) is 18.6 Å². The molecule has 2 unspecified atom stereocenters. The number of phenols is 1. The van der Waals surface area contributed by atoms with Gasteiger partial charge in [0.15, 0.2) is 18.4 Å². The molecule has 2 rings (SSSR count). The molecule has 2 N–H and O–H groups in total. The third kappa shape index (κ3) is 24.4. The minimum atomic E-state index is -0.780. The number of carbonyl (C=O) groups is 3. The van der Waals surface area contributed by atoms with Crippen molar-refractivity contribution in [1.82, 2.24) is 0 Å². The summed E-state index contributed by atoms with van der Waals surface area (Å²) in [6, 6.07) is 15.3. The zero-order valence-electron chi connectivity index (χ0n) is 27.0. The van der Waals surface area contributed by atoms with Gasteiger partial charge in [0, 0.05) is 29.9 Å². The van der Waals surface area contributed by atoms with Crippen molar-refractivity contribution in [2.75, 3.05) is 59.5 Å². The number of hydrogen-bond acceptors (Lipinski definition) is 12. The maximum absolute atomic E-state index is 11.9.